The van der Waals surface area contributed by atoms with E-state index in [2.05, 4.69) is 30.8 Å². The number of aromatic nitrogens is 3. The fraction of sp³-hybridized carbons (Fsp3) is 0.462. The Morgan fingerprint density at radius 2 is 2.08 bits per heavy atom. The SMILES string of the molecule is COCCCn1c([C@@H]2CCCN(C(=O)C[C@@H](Cc3ccc(Br)cc3)NC(=O)O)C2)nc2ccncc21. The van der Waals surface area contributed by atoms with Crippen LogP contribution in [0.3, 0.4) is 0 Å². The summed E-state index contributed by atoms with van der Waals surface area (Å²) in [7, 11) is 1.70. The largest absolute Gasteiger partial charge is 0.465 e. The molecule has 0 radical (unpaired) electrons. The molecule has 1 aliphatic rings. The Kier molecular flexibility index (Phi) is 8.93. The van der Waals surface area contributed by atoms with Crippen LogP contribution in [0.4, 0.5) is 4.79 Å². The number of carboxylic acid groups (broad SMARTS) is 1. The number of pyridine rings is 1. The molecule has 0 unspecified atom stereocenters. The molecule has 3 heterocycles. The van der Waals surface area contributed by atoms with Gasteiger partial charge in [-0.15, -0.1) is 0 Å². The van der Waals surface area contributed by atoms with E-state index in [-0.39, 0.29) is 18.2 Å². The van der Waals surface area contributed by atoms with Crippen LogP contribution in [0.25, 0.3) is 11.0 Å². The van der Waals surface area contributed by atoms with Crippen molar-refractivity contribution in [2.45, 2.75) is 50.6 Å². The van der Waals surface area contributed by atoms with Gasteiger partial charge in [0.1, 0.15) is 5.82 Å². The van der Waals surface area contributed by atoms with Crippen LogP contribution in [-0.4, -0.2) is 69.4 Å². The quantitative estimate of drug-likeness (QED) is 0.361. The summed E-state index contributed by atoms with van der Waals surface area (Å²) in [4.78, 5) is 35.8. The number of hydrogen-bond acceptors (Lipinski definition) is 5. The van der Waals surface area contributed by atoms with Gasteiger partial charge in [-0.2, -0.15) is 0 Å². The van der Waals surface area contributed by atoms with Gasteiger partial charge in [0.2, 0.25) is 5.91 Å². The van der Waals surface area contributed by atoms with E-state index in [1.165, 1.54) is 0 Å². The molecule has 10 heteroatoms. The summed E-state index contributed by atoms with van der Waals surface area (Å²) < 4.78 is 8.41. The maximum Gasteiger partial charge on any atom is 0.404 e. The van der Waals surface area contributed by atoms with Gasteiger partial charge in [-0.25, -0.2) is 9.78 Å². The van der Waals surface area contributed by atoms with Gasteiger partial charge in [-0.05, 0) is 49.4 Å². The average molecular weight is 558 g/mol. The van der Waals surface area contributed by atoms with Crippen LogP contribution in [0.15, 0.2) is 47.2 Å². The second-order valence-electron chi connectivity index (χ2n) is 9.19. The van der Waals surface area contributed by atoms with Gasteiger partial charge in [-0.1, -0.05) is 28.1 Å². The Labute approximate surface area is 219 Å². The maximum absolute atomic E-state index is 13.3. The minimum Gasteiger partial charge on any atom is -0.465 e. The van der Waals surface area contributed by atoms with Crippen LogP contribution in [0.5, 0.6) is 0 Å². The summed E-state index contributed by atoms with van der Waals surface area (Å²) >= 11 is 3.42. The van der Waals surface area contributed by atoms with Crippen molar-refractivity contribution in [1.82, 2.24) is 24.8 Å². The summed E-state index contributed by atoms with van der Waals surface area (Å²) in [5, 5.41) is 11.9. The van der Waals surface area contributed by atoms with Crippen LogP contribution in [0, 0.1) is 0 Å². The molecule has 2 N–H and O–H groups in total. The molecule has 9 nitrogen and oxygen atoms in total. The zero-order valence-corrected chi connectivity index (χ0v) is 22.0. The molecule has 2 aromatic heterocycles. The number of hydrogen-bond donors (Lipinski definition) is 2. The highest BCUT2D eigenvalue weighted by atomic mass is 79.9. The molecule has 4 rings (SSSR count). The second-order valence-corrected chi connectivity index (χ2v) is 10.1. The van der Waals surface area contributed by atoms with E-state index in [9.17, 15) is 14.7 Å². The number of amides is 2. The van der Waals surface area contributed by atoms with Crippen LogP contribution in [-0.2, 0) is 22.5 Å². The van der Waals surface area contributed by atoms with Crippen molar-refractivity contribution in [2.24, 2.45) is 0 Å². The first-order valence-electron chi connectivity index (χ1n) is 12.3. The van der Waals surface area contributed by atoms with E-state index in [0.29, 0.717) is 26.1 Å². The third kappa shape index (κ3) is 6.61. The fourth-order valence-corrected chi connectivity index (χ4v) is 5.17. The van der Waals surface area contributed by atoms with Crippen molar-refractivity contribution >= 4 is 39.0 Å². The van der Waals surface area contributed by atoms with E-state index in [1.807, 2.05) is 41.4 Å². The predicted octanol–water partition coefficient (Wildman–Crippen LogP) is 4.21. The number of rotatable bonds is 10. The Balaban J connectivity index is 1.48. The molecule has 0 saturated carbocycles. The van der Waals surface area contributed by atoms with E-state index in [1.54, 1.807) is 13.3 Å². The zero-order valence-electron chi connectivity index (χ0n) is 20.4. The smallest absolute Gasteiger partial charge is 0.404 e. The third-order valence-corrected chi connectivity index (χ3v) is 7.12. The number of piperidine rings is 1. The molecule has 1 fully saturated rings. The summed E-state index contributed by atoms with van der Waals surface area (Å²) in [5.41, 5.74) is 2.87. The first-order valence-corrected chi connectivity index (χ1v) is 13.0. The molecule has 3 aromatic rings. The Morgan fingerprint density at radius 3 is 2.83 bits per heavy atom. The van der Waals surface area contributed by atoms with E-state index in [0.717, 1.165) is 52.7 Å². The van der Waals surface area contributed by atoms with Gasteiger partial charge in [0.05, 0.1) is 17.2 Å². The number of imidazole rings is 1. The Morgan fingerprint density at radius 1 is 1.28 bits per heavy atom. The molecule has 1 aliphatic heterocycles. The minimum absolute atomic E-state index is 0.0423. The Hall–Kier alpha value is -2.98. The number of carbonyl (C=O) groups excluding carboxylic acids is 1. The first kappa shape index (κ1) is 26.1. The van der Waals surface area contributed by atoms with Crippen molar-refractivity contribution < 1.29 is 19.4 Å². The number of likely N-dealkylation sites (tertiary alicyclic amines) is 1. The molecule has 0 spiro atoms. The summed E-state index contributed by atoms with van der Waals surface area (Å²) in [6, 6.07) is 9.12. The number of aryl methyl sites for hydroxylation is 1. The second kappa shape index (κ2) is 12.3. The van der Waals surface area contributed by atoms with Gasteiger partial charge in [-0.3, -0.25) is 9.78 Å². The molecule has 2 atom stereocenters. The highest BCUT2D eigenvalue weighted by Crippen LogP contribution is 2.30. The van der Waals surface area contributed by atoms with Gasteiger partial charge in [0.15, 0.2) is 0 Å². The van der Waals surface area contributed by atoms with Crippen molar-refractivity contribution in [3.05, 3.63) is 58.6 Å². The predicted molar refractivity (Wildman–Crippen MR) is 140 cm³/mol. The van der Waals surface area contributed by atoms with Crippen LogP contribution < -0.4 is 5.32 Å². The number of halogens is 1. The van der Waals surface area contributed by atoms with Crippen molar-refractivity contribution in [3.8, 4) is 0 Å². The highest BCUT2D eigenvalue weighted by molar-refractivity contribution is 9.10. The molecule has 1 aromatic carbocycles. The highest BCUT2D eigenvalue weighted by Gasteiger charge is 2.30. The normalized spacial score (nSPS) is 16.7. The number of methoxy groups -OCH3 is 1. The van der Waals surface area contributed by atoms with Gasteiger partial charge >= 0.3 is 6.09 Å². The van der Waals surface area contributed by atoms with Gasteiger partial charge < -0.3 is 24.6 Å². The molecule has 0 bridgehead atoms. The van der Waals surface area contributed by atoms with E-state index >= 15 is 0 Å². The number of ether oxygens (including phenoxy) is 1. The lowest BCUT2D eigenvalue weighted by atomic mass is 9.95. The number of fused-ring (bicyclic) bond motifs is 1. The summed E-state index contributed by atoms with van der Waals surface area (Å²) in [6.45, 7) is 2.66. The van der Waals surface area contributed by atoms with Crippen LogP contribution >= 0.6 is 15.9 Å². The van der Waals surface area contributed by atoms with Gasteiger partial charge in [0, 0.05) is 62.4 Å². The van der Waals surface area contributed by atoms with Crippen molar-refractivity contribution in [3.63, 3.8) is 0 Å². The third-order valence-electron chi connectivity index (χ3n) is 6.59. The molecule has 2 amide bonds. The molecule has 0 aliphatic carbocycles. The maximum atomic E-state index is 13.3. The van der Waals surface area contributed by atoms with E-state index < -0.39 is 12.1 Å². The van der Waals surface area contributed by atoms with E-state index in [4.69, 9.17) is 9.72 Å². The fourth-order valence-electron chi connectivity index (χ4n) is 4.91. The number of nitrogens with zero attached hydrogens (tertiary/aromatic N) is 4. The molecule has 36 heavy (non-hydrogen) atoms. The molecule has 1 saturated heterocycles. The number of carbonyl (C=O) groups is 2. The number of nitrogens with one attached hydrogen (secondary N) is 1. The van der Waals surface area contributed by atoms with Crippen molar-refractivity contribution in [1.29, 1.82) is 0 Å². The standard InChI is InChI=1S/C26H32BrN5O4/c1-36-13-3-12-32-23-16-28-10-9-22(23)30-25(32)19-4-2-11-31(17-19)24(33)15-21(29-26(34)35)14-18-5-7-20(27)8-6-18/h5-10,16,19,21,29H,2-4,11-15,17H2,1H3,(H,34,35)/t19-,21-/m1/s1. The van der Waals surface area contributed by atoms with Crippen molar-refractivity contribution in [2.75, 3.05) is 26.8 Å². The average Bonchev–Trinajstić information content (AvgIpc) is 3.24. The lowest BCUT2D eigenvalue weighted by Crippen LogP contribution is -2.44. The summed E-state index contributed by atoms with van der Waals surface area (Å²) in [6.07, 6.45) is 5.71. The lowest BCUT2D eigenvalue weighted by Gasteiger charge is -2.33. The number of benzene rings is 1. The first-order chi connectivity index (χ1) is 17.4. The molecular formula is C26H32BrN5O4. The summed E-state index contributed by atoms with van der Waals surface area (Å²) in [5.74, 6) is 1.04. The Bertz CT molecular complexity index is 1180. The molecular weight excluding hydrogens is 526 g/mol. The zero-order chi connectivity index (χ0) is 25.5. The van der Waals surface area contributed by atoms with Gasteiger partial charge in [0.25, 0.3) is 0 Å². The monoisotopic (exact) mass is 557 g/mol. The van der Waals surface area contributed by atoms with Crippen LogP contribution in [0.2, 0.25) is 0 Å². The lowest BCUT2D eigenvalue weighted by molar-refractivity contribution is -0.132. The minimum atomic E-state index is -1.13. The molecule has 192 valence electrons. The topological polar surface area (TPSA) is 110 Å². The van der Waals surface area contributed by atoms with Crippen LogP contribution in [0.1, 0.15) is 43.0 Å².